The monoisotopic (exact) mass is 472 g/mol. The molecular weight excluding hydrogens is 452 g/mol. The lowest BCUT2D eigenvalue weighted by molar-refractivity contribution is -0.147. The standard InChI is InChI=1S/C22H21ClN4O4S/c1-2-27-21(16-8-10-17(23)11-9-16)25-26-22(27)32-14-20(30)31-13-19(29)24-18(28)12-15-6-4-3-5-7-15/h3-11H,2,12-14H2,1H3,(H,24,28,29). The minimum absolute atomic E-state index is 0.0516. The lowest BCUT2D eigenvalue weighted by atomic mass is 10.1. The molecule has 0 atom stereocenters. The molecule has 0 radical (unpaired) electrons. The van der Waals surface area contributed by atoms with Crippen molar-refractivity contribution in [3.05, 3.63) is 65.2 Å². The highest BCUT2D eigenvalue weighted by atomic mass is 35.5. The highest BCUT2D eigenvalue weighted by molar-refractivity contribution is 7.99. The number of carbonyl (C=O) groups excluding carboxylic acids is 3. The zero-order valence-corrected chi connectivity index (χ0v) is 18.9. The normalized spacial score (nSPS) is 10.6. The van der Waals surface area contributed by atoms with Crippen LogP contribution in [0.2, 0.25) is 5.02 Å². The van der Waals surface area contributed by atoms with Crippen LogP contribution in [0.25, 0.3) is 11.4 Å². The van der Waals surface area contributed by atoms with Crippen LogP contribution in [-0.4, -0.2) is 44.9 Å². The van der Waals surface area contributed by atoms with Crippen LogP contribution >= 0.6 is 23.4 Å². The number of nitrogens with zero attached hydrogens (tertiary/aromatic N) is 3. The molecular formula is C22H21ClN4O4S. The third-order valence-electron chi connectivity index (χ3n) is 4.31. The Kier molecular flexibility index (Phi) is 8.41. The predicted molar refractivity (Wildman–Crippen MR) is 121 cm³/mol. The third kappa shape index (κ3) is 6.66. The second-order valence-corrected chi connectivity index (χ2v) is 8.02. The average molecular weight is 473 g/mol. The van der Waals surface area contributed by atoms with Crippen molar-refractivity contribution in [3.8, 4) is 11.4 Å². The number of rotatable bonds is 9. The topological polar surface area (TPSA) is 103 Å². The van der Waals surface area contributed by atoms with E-state index < -0.39 is 24.4 Å². The molecule has 0 bridgehead atoms. The van der Waals surface area contributed by atoms with Crippen molar-refractivity contribution in [2.75, 3.05) is 12.4 Å². The molecule has 166 valence electrons. The molecule has 2 amide bonds. The molecule has 0 aliphatic heterocycles. The molecule has 0 aliphatic carbocycles. The lowest BCUT2D eigenvalue weighted by Crippen LogP contribution is -2.35. The summed E-state index contributed by atoms with van der Waals surface area (Å²) in [5, 5.41) is 11.7. The van der Waals surface area contributed by atoms with Crippen LogP contribution in [0.4, 0.5) is 0 Å². The molecule has 0 saturated heterocycles. The van der Waals surface area contributed by atoms with Crippen molar-refractivity contribution in [3.63, 3.8) is 0 Å². The summed E-state index contributed by atoms with van der Waals surface area (Å²) in [6.07, 6.45) is 0.0685. The first kappa shape index (κ1) is 23.5. The fourth-order valence-corrected chi connectivity index (χ4v) is 3.75. The summed E-state index contributed by atoms with van der Waals surface area (Å²) in [5.41, 5.74) is 1.64. The molecule has 8 nitrogen and oxygen atoms in total. The Bertz CT molecular complexity index is 1090. The predicted octanol–water partition coefficient (Wildman–Crippen LogP) is 3.14. The number of carbonyl (C=O) groups is 3. The molecule has 10 heteroatoms. The zero-order valence-electron chi connectivity index (χ0n) is 17.3. The van der Waals surface area contributed by atoms with Gasteiger partial charge in [-0.1, -0.05) is 53.7 Å². The molecule has 1 aromatic heterocycles. The Morgan fingerprint density at radius 1 is 1.03 bits per heavy atom. The van der Waals surface area contributed by atoms with E-state index in [1.165, 1.54) is 0 Å². The summed E-state index contributed by atoms with van der Waals surface area (Å²) in [6, 6.07) is 16.3. The van der Waals surface area contributed by atoms with E-state index in [0.29, 0.717) is 22.5 Å². The zero-order chi connectivity index (χ0) is 22.9. The molecule has 2 aromatic carbocycles. The van der Waals surface area contributed by atoms with Crippen molar-refractivity contribution in [1.29, 1.82) is 0 Å². The largest absolute Gasteiger partial charge is 0.455 e. The maximum atomic E-state index is 12.0. The summed E-state index contributed by atoms with van der Waals surface area (Å²) >= 11 is 7.09. The summed E-state index contributed by atoms with van der Waals surface area (Å²) in [4.78, 5) is 35.8. The number of amides is 2. The van der Waals surface area contributed by atoms with Gasteiger partial charge in [-0.25, -0.2) is 0 Å². The number of thioether (sulfide) groups is 1. The maximum Gasteiger partial charge on any atom is 0.316 e. The van der Waals surface area contributed by atoms with Crippen LogP contribution in [-0.2, 0) is 32.1 Å². The number of imide groups is 1. The molecule has 0 unspecified atom stereocenters. The van der Waals surface area contributed by atoms with Crippen molar-refractivity contribution < 1.29 is 19.1 Å². The number of hydrogen-bond donors (Lipinski definition) is 1. The van der Waals surface area contributed by atoms with E-state index in [9.17, 15) is 14.4 Å². The van der Waals surface area contributed by atoms with Gasteiger partial charge in [0, 0.05) is 17.1 Å². The average Bonchev–Trinajstić information content (AvgIpc) is 3.20. The van der Waals surface area contributed by atoms with Gasteiger partial charge in [-0.2, -0.15) is 0 Å². The fraction of sp³-hybridized carbons (Fsp3) is 0.227. The number of halogens is 1. The molecule has 3 aromatic rings. The van der Waals surface area contributed by atoms with Gasteiger partial charge in [0.2, 0.25) is 5.91 Å². The summed E-state index contributed by atoms with van der Waals surface area (Å²) in [5.74, 6) is -1.12. The first-order chi connectivity index (χ1) is 15.5. The number of esters is 1. The number of aromatic nitrogens is 3. The van der Waals surface area contributed by atoms with Gasteiger partial charge >= 0.3 is 5.97 Å². The lowest BCUT2D eigenvalue weighted by Gasteiger charge is -2.08. The molecule has 3 rings (SSSR count). The Hall–Kier alpha value is -3.17. The maximum absolute atomic E-state index is 12.0. The van der Waals surface area contributed by atoms with E-state index in [1.807, 2.05) is 41.8 Å². The Morgan fingerprint density at radius 3 is 2.44 bits per heavy atom. The van der Waals surface area contributed by atoms with Crippen molar-refractivity contribution in [2.24, 2.45) is 0 Å². The number of hydrogen-bond acceptors (Lipinski definition) is 7. The minimum Gasteiger partial charge on any atom is -0.455 e. The second-order valence-electron chi connectivity index (χ2n) is 6.64. The van der Waals surface area contributed by atoms with Crippen molar-refractivity contribution in [1.82, 2.24) is 20.1 Å². The first-order valence-corrected chi connectivity index (χ1v) is 11.2. The van der Waals surface area contributed by atoms with E-state index in [-0.39, 0.29) is 12.2 Å². The fourth-order valence-electron chi connectivity index (χ4n) is 2.82. The smallest absolute Gasteiger partial charge is 0.316 e. The minimum atomic E-state index is -0.675. The van der Waals surface area contributed by atoms with E-state index in [1.54, 1.807) is 24.3 Å². The number of nitrogens with one attached hydrogen (secondary N) is 1. The van der Waals surface area contributed by atoms with Gasteiger partial charge in [0.1, 0.15) is 0 Å². The van der Waals surface area contributed by atoms with Gasteiger partial charge in [-0.3, -0.25) is 19.7 Å². The van der Waals surface area contributed by atoms with Crippen LogP contribution in [0, 0.1) is 0 Å². The summed E-state index contributed by atoms with van der Waals surface area (Å²) in [7, 11) is 0. The van der Waals surface area contributed by atoms with Gasteiger partial charge < -0.3 is 9.30 Å². The van der Waals surface area contributed by atoms with Gasteiger partial charge in [0.25, 0.3) is 5.91 Å². The van der Waals surface area contributed by atoms with E-state index in [4.69, 9.17) is 16.3 Å². The molecule has 0 spiro atoms. The van der Waals surface area contributed by atoms with E-state index >= 15 is 0 Å². The molecule has 0 aliphatic rings. The molecule has 1 N–H and O–H groups in total. The Labute approximate surface area is 194 Å². The van der Waals surface area contributed by atoms with Gasteiger partial charge in [0.15, 0.2) is 17.6 Å². The molecule has 0 saturated carbocycles. The van der Waals surface area contributed by atoms with E-state index in [2.05, 4.69) is 15.5 Å². The molecule has 32 heavy (non-hydrogen) atoms. The van der Waals surface area contributed by atoms with Gasteiger partial charge in [-0.15, -0.1) is 10.2 Å². The third-order valence-corrected chi connectivity index (χ3v) is 5.50. The van der Waals surface area contributed by atoms with Crippen LogP contribution in [0.1, 0.15) is 12.5 Å². The number of ether oxygens (including phenoxy) is 1. The van der Waals surface area contributed by atoms with Crippen LogP contribution in [0.5, 0.6) is 0 Å². The summed E-state index contributed by atoms with van der Waals surface area (Å²) < 4.78 is 6.83. The first-order valence-electron chi connectivity index (χ1n) is 9.80. The van der Waals surface area contributed by atoms with Crippen LogP contribution in [0.3, 0.4) is 0 Å². The number of benzene rings is 2. The van der Waals surface area contributed by atoms with Crippen molar-refractivity contribution in [2.45, 2.75) is 25.0 Å². The van der Waals surface area contributed by atoms with Crippen LogP contribution < -0.4 is 5.32 Å². The van der Waals surface area contributed by atoms with Gasteiger partial charge in [-0.05, 0) is 36.8 Å². The second kappa shape index (κ2) is 11.4. The molecule has 1 heterocycles. The Morgan fingerprint density at radius 2 is 1.75 bits per heavy atom. The van der Waals surface area contributed by atoms with E-state index in [0.717, 1.165) is 22.9 Å². The highest BCUT2D eigenvalue weighted by Crippen LogP contribution is 2.25. The quantitative estimate of drug-likeness (QED) is 0.377. The SMILES string of the molecule is CCn1c(SCC(=O)OCC(=O)NC(=O)Cc2ccccc2)nnc1-c1ccc(Cl)cc1. The van der Waals surface area contributed by atoms with Gasteiger partial charge in [0.05, 0.1) is 12.2 Å². The summed E-state index contributed by atoms with van der Waals surface area (Å²) in [6.45, 7) is 2.02. The Balaban J connectivity index is 1.46. The molecule has 0 fully saturated rings. The van der Waals surface area contributed by atoms with Crippen LogP contribution in [0.15, 0.2) is 59.8 Å². The highest BCUT2D eigenvalue weighted by Gasteiger charge is 2.16. The van der Waals surface area contributed by atoms with Crippen molar-refractivity contribution >= 4 is 41.1 Å².